The van der Waals surface area contributed by atoms with E-state index in [1.807, 2.05) is 0 Å². The molecule has 0 fully saturated rings. The molecule has 1 aromatic carbocycles. The minimum Gasteiger partial charge on any atom is -0.387 e. The van der Waals surface area contributed by atoms with E-state index in [1.54, 1.807) is 24.3 Å². The highest BCUT2D eigenvalue weighted by molar-refractivity contribution is 6.30. The third-order valence-electron chi connectivity index (χ3n) is 2.25. The molecule has 0 bridgehead atoms. The van der Waals surface area contributed by atoms with Crippen molar-refractivity contribution >= 4 is 11.6 Å². The minimum absolute atomic E-state index is 0.0345. The van der Waals surface area contributed by atoms with Crippen LogP contribution in [-0.2, 0) is 6.42 Å². The predicted molar refractivity (Wildman–Crippen MR) is 60.5 cm³/mol. The molecule has 2 rings (SSSR count). The van der Waals surface area contributed by atoms with Crippen LogP contribution in [0.2, 0.25) is 5.02 Å². The van der Waals surface area contributed by atoms with E-state index < -0.39 is 12.5 Å². The normalized spacial score (nSPS) is 12.9. The summed E-state index contributed by atoms with van der Waals surface area (Å²) in [7, 11) is 0. The van der Waals surface area contributed by atoms with Gasteiger partial charge in [0.25, 0.3) is 6.43 Å². The van der Waals surface area contributed by atoms with Crippen LogP contribution in [0.4, 0.5) is 8.78 Å². The molecule has 0 aliphatic heterocycles. The van der Waals surface area contributed by atoms with Crippen LogP contribution in [0.25, 0.3) is 11.4 Å². The van der Waals surface area contributed by atoms with E-state index in [2.05, 4.69) is 10.1 Å². The monoisotopic (exact) mass is 274 g/mol. The van der Waals surface area contributed by atoms with Gasteiger partial charge in [-0.05, 0) is 24.3 Å². The van der Waals surface area contributed by atoms with Crippen LogP contribution >= 0.6 is 11.6 Å². The van der Waals surface area contributed by atoms with Gasteiger partial charge in [-0.25, -0.2) is 8.78 Å². The highest BCUT2D eigenvalue weighted by Gasteiger charge is 2.21. The number of halogens is 3. The average molecular weight is 275 g/mol. The number of aliphatic hydroxyl groups excluding tert-OH is 1. The molecule has 96 valence electrons. The van der Waals surface area contributed by atoms with Crippen molar-refractivity contribution in [2.24, 2.45) is 0 Å². The van der Waals surface area contributed by atoms with Crippen molar-refractivity contribution in [2.45, 2.75) is 19.0 Å². The van der Waals surface area contributed by atoms with Crippen molar-refractivity contribution in [2.75, 3.05) is 0 Å². The van der Waals surface area contributed by atoms with Gasteiger partial charge in [0.15, 0.2) is 0 Å². The summed E-state index contributed by atoms with van der Waals surface area (Å²) in [5.74, 6) is 0.232. The number of alkyl halides is 2. The molecule has 0 saturated carbocycles. The molecule has 1 unspecified atom stereocenters. The van der Waals surface area contributed by atoms with Gasteiger partial charge in [0, 0.05) is 10.6 Å². The first-order valence-corrected chi connectivity index (χ1v) is 5.49. The second-order valence-corrected chi connectivity index (χ2v) is 4.06. The molecule has 0 aliphatic carbocycles. The van der Waals surface area contributed by atoms with Crippen LogP contribution in [0.15, 0.2) is 28.8 Å². The zero-order valence-corrected chi connectivity index (χ0v) is 9.81. The maximum absolute atomic E-state index is 12.1. The maximum Gasteiger partial charge on any atom is 0.264 e. The third-order valence-corrected chi connectivity index (χ3v) is 2.50. The number of benzene rings is 1. The van der Waals surface area contributed by atoms with Crippen molar-refractivity contribution in [1.82, 2.24) is 10.1 Å². The molecular weight excluding hydrogens is 266 g/mol. The number of rotatable bonds is 4. The minimum atomic E-state index is -2.84. The van der Waals surface area contributed by atoms with Crippen molar-refractivity contribution in [1.29, 1.82) is 0 Å². The van der Waals surface area contributed by atoms with Crippen LogP contribution in [0.3, 0.4) is 0 Å². The second kappa shape index (κ2) is 5.41. The summed E-state index contributed by atoms with van der Waals surface area (Å²) in [6, 6.07) is 6.67. The fourth-order valence-electron chi connectivity index (χ4n) is 1.32. The first-order valence-electron chi connectivity index (χ1n) is 5.11. The van der Waals surface area contributed by atoms with Crippen LogP contribution in [0.1, 0.15) is 5.89 Å². The smallest absolute Gasteiger partial charge is 0.264 e. The molecule has 18 heavy (non-hydrogen) atoms. The van der Waals surface area contributed by atoms with Crippen molar-refractivity contribution in [3.05, 3.63) is 35.2 Å². The first-order chi connectivity index (χ1) is 8.56. The highest BCUT2D eigenvalue weighted by atomic mass is 35.5. The van der Waals surface area contributed by atoms with Crippen LogP contribution in [0, 0.1) is 0 Å². The molecule has 1 aromatic heterocycles. The standard InChI is InChI=1S/C11H9ClF2N2O2/c12-7-3-1-6(2-4-7)11-15-9(18-16-11)5-8(17)10(13)14/h1-4,8,10,17H,5H2. The molecular formula is C11H9ClF2N2O2. The summed E-state index contributed by atoms with van der Waals surface area (Å²) in [6.07, 6.45) is -5.02. The average Bonchev–Trinajstić information content (AvgIpc) is 2.78. The predicted octanol–water partition coefficient (Wildman–Crippen LogP) is 2.56. The Morgan fingerprint density at radius 1 is 1.28 bits per heavy atom. The van der Waals surface area contributed by atoms with E-state index in [1.165, 1.54) is 0 Å². The Balaban J connectivity index is 2.13. The van der Waals surface area contributed by atoms with Gasteiger partial charge in [0.1, 0.15) is 6.10 Å². The van der Waals surface area contributed by atoms with Gasteiger partial charge in [-0.3, -0.25) is 0 Å². The molecule has 0 radical (unpaired) electrons. The number of aliphatic hydroxyl groups is 1. The topological polar surface area (TPSA) is 59.2 Å². The summed E-state index contributed by atoms with van der Waals surface area (Å²) >= 11 is 5.73. The molecule has 7 heteroatoms. The second-order valence-electron chi connectivity index (χ2n) is 3.62. The van der Waals surface area contributed by atoms with Crippen LogP contribution < -0.4 is 0 Å². The summed E-state index contributed by atoms with van der Waals surface area (Å²) in [5, 5.41) is 13.2. The largest absolute Gasteiger partial charge is 0.387 e. The Morgan fingerprint density at radius 3 is 2.56 bits per heavy atom. The summed E-state index contributed by atoms with van der Waals surface area (Å²) in [4.78, 5) is 3.92. The number of hydrogen-bond donors (Lipinski definition) is 1. The molecule has 1 atom stereocenters. The van der Waals surface area contributed by atoms with Gasteiger partial charge in [-0.2, -0.15) is 4.98 Å². The Bertz CT molecular complexity index is 516. The summed E-state index contributed by atoms with van der Waals surface area (Å²) in [5.41, 5.74) is 0.654. The molecule has 0 spiro atoms. The molecule has 0 amide bonds. The highest BCUT2D eigenvalue weighted by Crippen LogP contribution is 2.19. The molecule has 0 aliphatic rings. The fourth-order valence-corrected chi connectivity index (χ4v) is 1.45. The van der Waals surface area contributed by atoms with E-state index in [-0.39, 0.29) is 18.1 Å². The van der Waals surface area contributed by atoms with Gasteiger partial charge in [0.2, 0.25) is 11.7 Å². The Morgan fingerprint density at radius 2 is 1.94 bits per heavy atom. The van der Waals surface area contributed by atoms with Crippen LogP contribution in [0.5, 0.6) is 0 Å². The van der Waals surface area contributed by atoms with E-state index in [9.17, 15) is 8.78 Å². The van der Waals surface area contributed by atoms with E-state index in [0.717, 1.165) is 0 Å². The summed E-state index contributed by atoms with van der Waals surface area (Å²) in [6.45, 7) is 0. The Labute approximate surface area is 106 Å². The Hall–Kier alpha value is -1.53. The SMILES string of the molecule is OC(Cc1nc(-c2ccc(Cl)cc2)no1)C(F)F. The third kappa shape index (κ3) is 3.02. The van der Waals surface area contributed by atoms with Crippen molar-refractivity contribution in [3.8, 4) is 11.4 Å². The molecule has 4 nitrogen and oxygen atoms in total. The number of aromatic nitrogens is 2. The zero-order valence-electron chi connectivity index (χ0n) is 9.05. The maximum atomic E-state index is 12.1. The van der Waals surface area contributed by atoms with Crippen molar-refractivity contribution in [3.63, 3.8) is 0 Å². The van der Waals surface area contributed by atoms with Crippen molar-refractivity contribution < 1.29 is 18.4 Å². The Kier molecular flexibility index (Phi) is 3.88. The lowest BCUT2D eigenvalue weighted by Gasteiger charge is -2.04. The van der Waals surface area contributed by atoms with E-state index >= 15 is 0 Å². The van der Waals surface area contributed by atoms with Gasteiger partial charge < -0.3 is 9.63 Å². The molecule has 1 heterocycles. The number of hydrogen-bond acceptors (Lipinski definition) is 4. The summed E-state index contributed by atoms with van der Waals surface area (Å²) < 4.78 is 29.0. The quantitative estimate of drug-likeness (QED) is 0.931. The van der Waals surface area contributed by atoms with Gasteiger partial charge >= 0.3 is 0 Å². The first kappa shape index (κ1) is 12.9. The fraction of sp³-hybridized carbons (Fsp3) is 0.273. The van der Waals surface area contributed by atoms with E-state index in [4.69, 9.17) is 21.2 Å². The lowest BCUT2D eigenvalue weighted by atomic mass is 10.2. The lowest BCUT2D eigenvalue weighted by molar-refractivity contribution is -0.00754. The zero-order chi connectivity index (χ0) is 13.1. The van der Waals surface area contributed by atoms with Gasteiger partial charge in [0.05, 0.1) is 6.42 Å². The lowest BCUT2D eigenvalue weighted by Crippen LogP contribution is -2.20. The molecule has 0 saturated heterocycles. The van der Waals surface area contributed by atoms with E-state index in [0.29, 0.717) is 10.6 Å². The van der Waals surface area contributed by atoms with Crippen LogP contribution in [-0.4, -0.2) is 27.8 Å². The van der Waals surface area contributed by atoms with Gasteiger partial charge in [-0.1, -0.05) is 16.8 Å². The molecule has 2 aromatic rings. The number of nitrogens with zero attached hydrogens (tertiary/aromatic N) is 2. The molecule has 1 N–H and O–H groups in total. The van der Waals surface area contributed by atoms with Gasteiger partial charge in [-0.15, -0.1) is 0 Å².